The molecule has 1 heterocycles. The van der Waals surface area contributed by atoms with E-state index in [1.165, 1.54) is 0 Å². The Kier molecular flexibility index (Phi) is 5.46. The minimum absolute atomic E-state index is 0.124. The van der Waals surface area contributed by atoms with Crippen LogP contribution in [0.25, 0.3) is 5.69 Å². The zero-order valence-corrected chi connectivity index (χ0v) is 18.6. The van der Waals surface area contributed by atoms with Crippen molar-refractivity contribution in [2.45, 2.75) is 37.1 Å². The lowest BCUT2D eigenvalue weighted by Crippen LogP contribution is -2.32. The van der Waals surface area contributed by atoms with E-state index in [1.807, 2.05) is 41.9 Å². The molecule has 1 aromatic heterocycles. The van der Waals surface area contributed by atoms with Crippen LogP contribution in [0.15, 0.2) is 76.1 Å². The molecule has 0 radical (unpaired) electrons. The lowest BCUT2D eigenvalue weighted by atomic mass is 9.96. The van der Waals surface area contributed by atoms with Crippen LogP contribution in [-0.4, -0.2) is 24.2 Å². The van der Waals surface area contributed by atoms with E-state index in [-0.39, 0.29) is 16.9 Å². The van der Waals surface area contributed by atoms with Gasteiger partial charge in [-0.05, 0) is 50.6 Å². The topological polar surface area (TPSA) is 64.0 Å². The maximum Gasteiger partial charge on any atom is 0.241 e. The van der Waals surface area contributed by atoms with E-state index < -0.39 is 10.0 Å². The van der Waals surface area contributed by atoms with Crippen molar-refractivity contribution in [3.05, 3.63) is 88.2 Å². The summed E-state index contributed by atoms with van der Waals surface area (Å²) < 4.78 is 31.0. The van der Waals surface area contributed by atoms with Crippen molar-refractivity contribution in [1.82, 2.24) is 14.5 Å². The van der Waals surface area contributed by atoms with E-state index in [4.69, 9.17) is 5.10 Å². The first-order valence-corrected chi connectivity index (χ1v) is 11.7. The molecule has 0 amide bonds. The minimum atomic E-state index is -3.54. The van der Waals surface area contributed by atoms with Crippen LogP contribution < -0.4 is 4.72 Å². The number of allylic oxidation sites excluding steroid dienone is 1. The highest BCUT2D eigenvalue weighted by Crippen LogP contribution is 2.34. The Hall–Kier alpha value is -2.22. The van der Waals surface area contributed by atoms with Crippen molar-refractivity contribution in [2.24, 2.45) is 0 Å². The van der Waals surface area contributed by atoms with Gasteiger partial charge in [-0.1, -0.05) is 52.3 Å². The highest BCUT2D eigenvalue weighted by Gasteiger charge is 2.29. The highest BCUT2D eigenvalue weighted by molar-refractivity contribution is 9.10. The number of aromatic nitrogens is 2. The van der Waals surface area contributed by atoms with Crippen LogP contribution >= 0.6 is 15.9 Å². The number of nitrogens with one attached hydrogen (secondary N) is 1. The normalized spacial score (nSPS) is 19.0. The van der Waals surface area contributed by atoms with E-state index in [0.29, 0.717) is 6.42 Å². The van der Waals surface area contributed by atoms with Crippen LogP contribution in [0.3, 0.4) is 0 Å². The van der Waals surface area contributed by atoms with Gasteiger partial charge >= 0.3 is 0 Å². The number of benzene rings is 2. The van der Waals surface area contributed by atoms with Gasteiger partial charge in [-0.25, -0.2) is 17.8 Å². The van der Waals surface area contributed by atoms with Crippen LogP contribution in [0.2, 0.25) is 0 Å². The molecule has 2 atom stereocenters. The molecule has 0 saturated heterocycles. The molecule has 3 aromatic rings. The molecule has 4 rings (SSSR count). The molecule has 5 nitrogen and oxygen atoms in total. The van der Waals surface area contributed by atoms with Crippen LogP contribution in [0.1, 0.15) is 29.3 Å². The number of aryl methyl sites for hydroxylation is 1. The maximum atomic E-state index is 12.6. The summed E-state index contributed by atoms with van der Waals surface area (Å²) in [7, 11) is -3.54. The summed E-state index contributed by atoms with van der Waals surface area (Å²) in [5, 5.41) is 4.74. The molecule has 0 aliphatic heterocycles. The number of hydrogen-bond acceptors (Lipinski definition) is 3. The quantitative estimate of drug-likeness (QED) is 0.551. The third-order valence-electron chi connectivity index (χ3n) is 5.21. The molecular formula is C22H22BrN3O2S. The Bertz CT molecular complexity index is 1170. The second-order valence-electron chi connectivity index (χ2n) is 7.24. The number of rotatable bonds is 5. The van der Waals surface area contributed by atoms with Gasteiger partial charge in [-0.15, -0.1) is 0 Å². The van der Waals surface area contributed by atoms with Crippen molar-refractivity contribution in [1.29, 1.82) is 0 Å². The second-order valence-corrected chi connectivity index (χ2v) is 9.87. The van der Waals surface area contributed by atoms with Crippen molar-refractivity contribution in [3.8, 4) is 5.69 Å². The van der Waals surface area contributed by atoms with E-state index in [0.717, 1.165) is 27.1 Å². The minimum Gasteiger partial charge on any atom is -0.238 e. The average molecular weight is 472 g/mol. The van der Waals surface area contributed by atoms with Gasteiger partial charge in [0.05, 0.1) is 16.3 Å². The zero-order chi connectivity index (χ0) is 20.6. The van der Waals surface area contributed by atoms with Gasteiger partial charge in [-0.2, -0.15) is 5.10 Å². The van der Waals surface area contributed by atoms with E-state index in [1.54, 1.807) is 30.3 Å². The van der Waals surface area contributed by atoms with Gasteiger partial charge in [0, 0.05) is 27.7 Å². The number of sulfonamides is 1. The molecule has 0 spiro atoms. The Balaban J connectivity index is 1.55. The average Bonchev–Trinajstić information content (AvgIpc) is 3.25. The molecule has 2 aromatic carbocycles. The fourth-order valence-electron chi connectivity index (χ4n) is 3.92. The SMILES string of the molecule is Cc1nn(-c2cccc(Br)c2)c(C)c1[C@@H]1C=C[C@@H](NS(=O)(=O)c2ccccc2)C1. The lowest BCUT2D eigenvalue weighted by molar-refractivity contribution is 0.563. The summed E-state index contributed by atoms with van der Waals surface area (Å²) in [5.41, 5.74) is 4.18. The molecule has 0 fully saturated rings. The van der Waals surface area contributed by atoms with Gasteiger partial charge < -0.3 is 0 Å². The molecule has 7 heteroatoms. The first-order valence-electron chi connectivity index (χ1n) is 9.43. The molecule has 0 bridgehead atoms. The summed E-state index contributed by atoms with van der Waals surface area (Å²) in [5.74, 6) is 0.124. The third-order valence-corrected chi connectivity index (χ3v) is 7.21. The molecule has 150 valence electrons. The molecule has 1 aliphatic carbocycles. The summed E-state index contributed by atoms with van der Waals surface area (Å²) in [6.45, 7) is 4.07. The molecule has 0 unspecified atom stereocenters. The Morgan fingerprint density at radius 2 is 1.83 bits per heavy atom. The summed E-state index contributed by atoms with van der Waals surface area (Å²) >= 11 is 3.51. The van der Waals surface area contributed by atoms with Crippen LogP contribution in [0.4, 0.5) is 0 Å². The number of halogens is 1. The van der Waals surface area contributed by atoms with Gasteiger partial charge in [0.1, 0.15) is 0 Å². The van der Waals surface area contributed by atoms with Gasteiger partial charge in [-0.3, -0.25) is 0 Å². The smallest absolute Gasteiger partial charge is 0.238 e. The van der Waals surface area contributed by atoms with Crippen molar-refractivity contribution in [2.75, 3.05) is 0 Å². The fraction of sp³-hybridized carbons (Fsp3) is 0.227. The van der Waals surface area contributed by atoms with Crippen molar-refractivity contribution in [3.63, 3.8) is 0 Å². The molecule has 29 heavy (non-hydrogen) atoms. The predicted octanol–water partition coefficient (Wildman–Crippen LogP) is 4.64. The Labute approximate surface area is 179 Å². The Morgan fingerprint density at radius 1 is 1.07 bits per heavy atom. The third kappa shape index (κ3) is 4.08. The van der Waals surface area contributed by atoms with Gasteiger partial charge in [0.2, 0.25) is 10.0 Å². The molecular weight excluding hydrogens is 450 g/mol. The lowest BCUT2D eigenvalue weighted by Gasteiger charge is -2.15. The fourth-order valence-corrected chi connectivity index (χ4v) is 5.53. The molecule has 1 aliphatic rings. The standard InChI is InChI=1S/C22H22BrN3O2S/c1-15-22(16(2)26(24-15)20-8-6-7-18(23)14-20)17-11-12-19(13-17)25-29(27,28)21-9-4-3-5-10-21/h3-12,14,17,19,25H,13H2,1-2H3/t17-,19-/m1/s1. The van der Waals surface area contributed by atoms with Crippen LogP contribution in [0, 0.1) is 13.8 Å². The predicted molar refractivity (Wildman–Crippen MR) is 118 cm³/mol. The monoisotopic (exact) mass is 471 g/mol. The van der Waals surface area contributed by atoms with E-state index in [9.17, 15) is 8.42 Å². The van der Waals surface area contributed by atoms with Gasteiger partial charge in [0.15, 0.2) is 0 Å². The molecule has 1 N–H and O–H groups in total. The number of hydrogen-bond donors (Lipinski definition) is 1. The number of nitrogens with zero attached hydrogens (tertiary/aromatic N) is 2. The summed E-state index contributed by atoms with van der Waals surface area (Å²) in [6, 6.07) is 16.3. The first-order chi connectivity index (χ1) is 13.8. The van der Waals surface area contributed by atoms with Crippen LogP contribution in [0.5, 0.6) is 0 Å². The Morgan fingerprint density at radius 3 is 2.55 bits per heavy atom. The van der Waals surface area contributed by atoms with Crippen LogP contribution in [-0.2, 0) is 10.0 Å². The second kappa shape index (κ2) is 7.89. The zero-order valence-electron chi connectivity index (χ0n) is 16.2. The summed E-state index contributed by atoms with van der Waals surface area (Å²) in [4.78, 5) is 0.284. The first kappa shape index (κ1) is 20.1. The maximum absolute atomic E-state index is 12.6. The van der Waals surface area contributed by atoms with Gasteiger partial charge in [0.25, 0.3) is 0 Å². The van der Waals surface area contributed by atoms with E-state index >= 15 is 0 Å². The molecule has 0 saturated carbocycles. The van der Waals surface area contributed by atoms with E-state index in [2.05, 4.69) is 33.7 Å². The van der Waals surface area contributed by atoms with Crippen molar-refractivity contribution < 1.29 is 8.42 Å². The summed E-state index contributed by atoms with van der Waals surface area (Å²) in [6.07, 6.45) is 4.71. The largest absolute Gasteiger partial charge is 0.241 e. The van der Waals surface area contributed by atoms with Crippen molar-refractivity contribution >= 4 is 26.0 Å². The highest BCUT2D eigenvalue weighted by atomic mass is 79.9.